The Labute approximate surface area is 177 Å². The van der Waals surface area contributed by atoms with Gasteiger partial charge in [0.25, 0.3) is 0 Å². The fourth-order valence-electron chi connectivity index (χ4n) is 3.82. The highest BCUT2D eigenvalue weighted by Gasteiger charge is 2.32. The molecule has 9 nitrogen and oxygen atoms in total. The number of piperidine rings is 1. The Morgan fingerprint density at radius 1 is 1.37 bits per heavy atom. The number of rotatable bonds is 5. The zero-order valence-corrected chi connectivity index (χ0v) is 18.4. The number of aromatic amines is 1. The summed E-state index contributed by atoms with van der Waals surface area (Å²) in [4.78, 5) is 40.4. The summed E-state index contributed by atoms with van der Waals surface area (Å²) in [7, 11) is 2.02. The quantitative estimate of drug-likeness (QED) is 0.776. The molecule has 1 saturated heterocycles. The fraction of sp³-hybridized carbons (Fsp3) is 0.619. The normalized spacial score (nSPS) is 19.6. The number of fused-ring (bicyclic) bond motifs is 1. The van der Waals surface area contributed by atoms with Crippen LogP contribution in [0.25, 0.3) is 11.0 Å². The number of nitrogens with zero attached hydrogens (tertiary/aromatic N) is 4. The summed E-state index contributed by atoms with van der Waals surface area (Å²) in [6.45, 7) is 9.24. The summed E-state index contributed by atoms with van der Waals surface area (Å²) < 4.78 is 5.21. The maximum atomic E-state index is 12.7. The summed E-state index contributed by atoms with van der Waals surface area (Å²) in [6, 6.07) is 2.12. The Morgan fingerprint density at radius 2 is 2.13 bits per heavy atom. The number of H-pyrrole nitrogens is 1. The van der Waals surface area contributed by atoms with Crippen molar-refractivity contribution >= 4 is 28.9 Å². The number of aromatic nitrogens is 3. The molecule has 30 heavy (non-hydrogen) atoms. The molecule has 3 rings (SSSR count). The Bertz CT molecular complexity index is 890. The molecule has 0 spiro atoms. The zero-order valence-electron chi connectivity index (χ0n) is 18.4. The van der Waals surface area contributed by atoms with Crippen LogP contribution in [0.3, 0.4) is 0 Å². The lowest BCUT2D eigenvalue weighted by molar-refractivity contribution is -0.132. The van der Waals surface area contributed by atoms with Gasteiger partial charge in [-0.3, -0.25) is 4.79 Å². The van der Waals surface area contributed by atoms with Crippen molar-refractivity contribution in [1.82, 2.24) is 25.2 Å². The molecule has 2 amide bonds. The van der Waals surface area contributed by atoms with E-state index in [0.717, 1.165) is 29.8 Å². The van der Waals surface area contributed by atoms with E-state index in [0.29, 0.717) is 12.5 Å². The highest BCUT2D eigenvalue weighted by atomic mass is 16.6. The molecule has 164 valence electrons. The Kier molecular flexibility index (Phi) is 6.48. The van der Waals surface area contributed by atoms with E-state index in [1.165, 1.54) is 0 Å². The van der Waals surface area contributed by atoms with Gasteiger partial charge in [-0.2, -0.15) is 0 Å². The van der Waals surface area contributed by atoms with Crippen molar-refractivity contribution in [1.29, 1.82) is 0 Å². The van der Waals surface area contributed by atoms with Gasteiger partial charge in [0.1, 0.15) is 23.4 Å². The molecule has 2 N–H and O–H groups in total. The molecule has 3 heterocycles. The van der Waals surface area contributed by atoms with Crippen LogP contribution in [-0.2, 0) is 9.53 Å². The first-order valence-electron chi connectivity index (χ1n) is 10.4. The van der Waals surface area contributed by atoms with E-state index in [9.17, 15) is 9.59 Å². The van der Waals surface area contributed by atoms with Crippen LogP contribution < -0.4 is 10.2 Å². The molecule has 0 bridgehead atoms. The SMILES string of the molecule is CC1CCN(C(=O)CCNC(=O)OC(C)(C)C)CC1N(C)c1ncnc2[nH]ccc12. The summed E-state index contributed by atoms with van der Waals surface area (Å²) >= 11 is 0. The Balaban J connectivity index is 1.59. The van der Waals surface area contributed by atoms with Crippen LogP contribution in [-0.4, -0.2) is 70.2 Å². The third-order valence-electron chi connectivity index (χ3n) is 5.44. The summed E-state index contributed by atoms with van der Waals surface area (Å²) in [6.07, 6.45) is 4.08. The first-order valence-corrected chi connectivity index (χ1v) is 10.4. The van der Waals surface area contributed by atoms with E-state index in [2.05, 4.69) is 32.1 Å². The molecule has 2 aromatic rings. The lowest BCUT2D eigenvalue weighted by Gasteiger charge is -2.42. The van der Waals surface area contributed by atoms with Gasteiger partial charge < -0.3 is 24.8 Å². The van der Waals surface area contributed by atoms with Gasteiger partial charge in [0.2, 0.25) is 5.91 Å². The standard InChI is InChI=1S/C21H32N6O3/c1-14-8-11-27(17(28)7-10-23-20(29)30-21(2,3)4)12-16(14)26(5)19-15-6-9-22-18(15)24-13-25-19/h6,9,13-14,16H,7-8,10-12H2,1-5H3,(H,23,29)(H,22,24,25). The van der Waals surface area contributed by atoms with Crippen molar-refractivity contribution in [3.8, 4) is 0 Å². The van der Waals surface area contributed by atoms with Crippen molar-refractivity contribution in [3.63, 3.8) is 0 Å². The molecule has 1 fully saturated rings. The fourth-order valence-corrected chi connectivity index (χ4v) is 3.82. The molecule has 0 radical (unpaired) electrons. The molecule has 0 aliphatic carbocycles. The van der Waals surface area contributed by atoms with E-state index in [-0.39, 0.29) is 24.9 Å². The molecule has 0 aromatic carbocycles. The molecule has 2 atom stereocenters. The highest BCUT2D eigenvalue weighted by Crippen LogP contribution is 2.28. The third-order valence-corrected chi connectivity index (χ3v) is 5.44. The van der Waals surface area contributed by atoms with Gasteiger partial charge >= 0.3 is 6.09 Å². The number of hydrogen-bond donors (Lipinski definition) is 2. The largest absolute Gasteiger partial charge is 0.444 e. The minimum absolute atomic E-state index is 0.0332. The average Bonchev–Trinajstić information content (AvgIpc) is 3.15. The minimum atomic E-state index is -0.555. The van der Waals surface area contributed by atoms with E-state index < -0.39 is 11.7 Å². The van der Waals surface area contributed by atoms with Gasteiger partial charge in [-0.05, 0) is 39.2 Å². The van der Waals surface area contributed by atoms with E-state index in [4.69, 9.17) is 4.74 Å². The molecule has 2 unspecified atom stereocenters. The number of likely N-dealkylation sites (N-methyl/N-ethyl adjacent to an activating group) is 1. The first-order chi connectivity index (χ1) is 14.2. The van der Waals surface area contributed by atoms with Crippen LogP contribution in [0.1, 0.15) is 40.5 Å². The van der Waals surface area contributed by atoms with Crippen molar-refractivity contribution in [2.75, 3.05) is 31.6 Å². The van der Waals surface area contributed by atoms with Crippen molar-refractivity contribution in [3.05, 3.63) is 18.6 Å². The van der Waals surface area contributed by atoms with Crippen molar-refractivity contribution < 1.29 is 14.3 Å². The second-order valence-electron chi connectivity index (χ2n) is 8.90. The summed E-state index contributed by atoms with van der Waals surface area (Å²) in [5, 5.41) is 3.63. The zero-order chi connectivity index (χ0) is 21.9. The second-order valence-corrected chi connectivity index (χ2v) is 8.90. The monoisotopic (exact) mass is 416 g/mol. The second kappa shape index (κ2) is 8.89. The first kappa shape index (κ1) is 21.9. The van der Waals surface area contributed by atoms with Gasteiger partial charge in [0.15, 0.2) is 0 Å². The number of alkyl carbamates (subject to hydrolysis) is 1. The predicted octanol–water partition coefficient (Wildman–Crippen LogP) is 2.55. The van der Waals surface area contributed by atoms with Crippen LogP contribution in [0.5, 0.6) is 0 Å². The number of carbonyl (C=O) groups excluding carboxylic acids is 2. The summed E-state index contributed by atoms with van der Waals surface area (Å²) in [5.74, 6) is 1.31. The smallest absolute Gasteiger partial charge is 0.407 e. The number of ether oxygens (including phenoxy) is 1. The lowest BCUT2D eigenvalue weighted by Crippen LogP contribution is -2.53. The van der Waals surface area contributed by atoms with Crippen molar-refractivity contribution in [2.45, 2.75) is 52.2 Å². The van der Waals surface area contributed by atoms with Crippen LogP contribution in [0.15, 0.2) is 18.6 Å². The highest BCUT2D eigenvalue weighted by molar-refractivity contribution is 5.87. The van der Waals surface area contributed by atoms with Crippen LogP contribution in [0.2, 0.25) is 0 Å². The van der Waals surface area contributed by atoms with E-state index >= 15 is 0 Å². The van der Waals surface area contributed by atoms with Crippen LogP contribution >= 0.6 is 0 Å². The van der Waals surface area contributed by atoms with Gasteiger partial charge in [0.05, 0.1) is 11.4 Å². The molecule has 2 aromatic heterocycles. The number of carbonyl (C=O) groups is 2. The molecule has 1 aliphatic heterocycles. The van der Waals surface area contributed by atoms with Crippen LogP contribution in [0.4, 0.5) is 10.6 Å². The number of likely N-dealkylation sites (tertiary alicyclic amines) is 1. The topological polar surface area (TPSA) is 103 Å². The van der Waals surface area contributed by atoms with Crippen molar-refractivity contribution in [2.24, 2.45) is 5.92 Å². The van der Waals surface area contributed by atoms with E-state index in [1.54, 1.807) is 6.33 Å². The van der Waals surface area contributed by atoms with E-state index in [1.807, 2.05) is 45.0 Å². The van der Waals surface area contributed by atoms with Gasteiger partial charge in [-0.25, -0.2) is 14.8 Å². The summed E-state index contributed by atoms with van der Waals surface area (Å²) in [5.41, 5.74) is 0.248. The number of hydrogen-bond acceptors (Lipinski definition) is 6. The number of anilines is 1. The maximum absolute atomic E-state index is 12.7. The maximum Gasteiger partial charge on any atom is 0.407 e. The predicted molar refractivity (Wildman–Crippen MR) is 115 cm³/mol. The third kappa shape index (κ3) is 5.20. The molecule has 0 saturated carbocycles. The lowest BCUT2D eigenvalue weighted by atomic mass is 9.92. The number of amides is 2. The number of nitrogens with one attached hydrogen (secondary N) is 2. The molecule has 1 aliphatic rings. The molecular formula is C21H32N6O3. The van der Waals surface area contributed by atoms with Gasteiger partial charge in [-0.1, -0.05) is 6.92 Å². The Hall–Kier alpha value is -2.84. The van der Waals surface area contributed by atoms with Gasteiger partial charge in [-0.15, -0.1) is 0 Å². The Morgan fingerprint density at radius 3 is 2.87 bits per heavy atom. The van der Waals surface area contributed by atoms with Crippen LogP contribution in [0, 0.1) is 5.92 Å². The average molecular weight is 417 g/mol. The van der Waals surface area contributed by atoms with Gasteiger partial charge in [0, 0.05) is 39.3 Å². The molecule has 9 heteroatoms. The molecular weight excluding hydrogens is 384 g/mol. The minimum Gasteiger partial charge on any atom is -0.444 e.